The summed E-state index contributed by atoms with van der Waals surface area (Å²) in [4.78, 5) is 5.00. The molecule has 2 nitrogen and oxygen atoms in total. The van der Waals surface area contributed by atoms with Crippen LogP contribution in [0.25, 0.3) is 0 Å². The van der Waals surface area contributed by atoms with Gasteiger partial charge in [-0.05, 0) is 24.3 Å². The van der Waals surface area contributed by atoms with Crippen molar-refractivity contribution in [3.05, 3.63) is 54.5 Å². The molecular formula is C14H15FN2S. The van der Waals surface area contributed by atoms with E-state index in [1.165, 1.54) is 11.0 Å². The van der Waals surface area contributed by atoms with E-state index in [-0.39, 0.29) is 0 Å². The van der Waals surface area contributed by atoms with Crippen molar-refractivity contribution in [1.82, 2.24) is 4.98 Å². The number of thioether (sulfide) groups is 1. The molecule has 1 heterocycles. The Bertz CT molecular complexity index is 490. The molecule has 0 aliphatic rings. The predicted molar refractivity (Wildman–Crippen MR) is 74.4 cm³/mol. The zero-order chi connectivity index (χ0) is 12.8. The summed E-state index contributed by atoms with van der Waals surface area (Å²) in [5.41, 5.74) is 0. The zero-order valence-electron chi connectivity index (χ0n) is 10.1. The number of halogens is 1. The molecule has 0 spiro atoms. The van der Waals surface area contributed by atoms with E-state index in [2.05, 4.69) is 29.4 Å². The van der Waals surface area contributed by atoms with Crippen LogP contribution in [0, 0.1) is 5.95 Å². The molecule has 0 aliphatic heterocycles. The van der Waals surface area contributed by atoms with Gasteiger partial charge in [0.2, 0.25) is 5.95 Å². The van der Waals surface area contributed by atoms with Crippen LogP contribution in [0.2, 0.25) is 0 Å². The van der Waals surface area contributed by atoms with E-state index in [9.17, 15) is 4.39 Å². The molecule has 0 amide bonds. The number of anilines is 1. The van der Waals surface area contributed by atoms with Crippen LogP contribution in [0.15, 0.2) is 53.4 Å². The third-order valence-electron chi connectivity index (χ3n) is 2.37. The van der Waals surface area contributed by atoms with Crippen LogP contribution in [0.1, 0.15) is 6.92 Å². The van der Waals surface area contributed by atoms with Crippen LogP contribution in [-0.2, 0) is 0 Å². The highest BCUT2D eigenvalue weighted by Gasteiger charge is 2.04. The Hall–Kier alpha value is -1.55. The average Bonchev–Trinajstić information content (AvgIpc) is 2.38. The smallest absolute Gasteiger partial charge is 0.214 e. The van der Waals surface area contributed by atoms with Crippen molar-refractivity contribution >= 4 is 17.6 Å². The second kappa shape index (κ2) is 6.40. The Labute approximate surface area is 111 Å². The summed E-state index contributed by atoms with van der Waals surface area (Å²) in [6, 6.07) is 15.0. The lowest BCUT2D eigenvalue weighted by Crippen LogP contribution is -2.14. The van der Waals surface area contributed by atoms with E-state index in [0.29, 0.717) is 11.1 Å². The van der Waals surface area contributed by atoms with E-state index in [0.717, 1.165) is 6.54 Å². The van der Waals surface area contributed by atoms with Gasteiger partial charge in [0.25, 0.3) is 0 Å². The summed E-state index contributed by atoms with van der Waals surface area (Å²) in [7, 11) is 0. The summed E-state index contributed by atoms with van der Waals surface area (Å²) in [6.45, 7) is 2.87. The van der Waals surface area contributed by atoms with Crippen LogP contribution in [0.3, 0.4) is 0 Å². The molecule has 1 N–H and O–H groups in total. The van der Waals surface area contributed by atoms with Crippen molar-refractivity contribution < 1.29 is 4.39 Å². The van der Waals surface area contributed by atoms with Crippen LogP contribution >= 0.6 is 11.8 Å². The molecule has 2 aromatic rings. The Kier molecular flexibility index (Phi) is 4.59. The highest BCUT2D eigenvalue weighted by Crippen LogP contribution is 2.22. The number of benzene rings is 1. The fourth-order valence-corrected chi connectivity index (χ4v) is 2.47. The first-order valence-electron chi connectivity index (χ1n) is 5.82. The molecule has 1 aromatic heterocycles. The highest BCUT2D eigenvalue weighted by molar-refractivity contribution is 8.00. The first-order valence-corrected chi connectivity index (χ1v) is 6.70. The second-order valence-electron chi connectivity index (χ2n) is 3.97. The Balaban J connectivity index is 1.83. The fraction of sp³-hybridized carbons (Fsp3) is 0.214. The molecular weight excluding hydrogens is 247 g/mol. The Morgan fingerprint density at radius 2 is 1.94 bits per heavy atom. The largest absolute Gasteiger partial charge is 0.369 e. The molecule has 1 atom stereocenters. The number of aromatic nitrogens is 1. The highest BCUT2D eigenvalue weighted by atomic mass is 32.2. The Morgan fingerprint density at radius 1 is 1.17 bits per heavy atom. The molecule has 94 valence electrons. The molecule has 4 heteroatoms. The number of hydrogen-bond acceptors (Lipinski definition) is 3. The number of rotatable bonds is 5. The number of hydrogen-bond donors (Lipinski definition) is 1. The maximum atomic E-state index is 12.9. The summed E-state index contributed by atoms with van der Waals surface area (Å²) in [5.74, 6) is 0.124. The minimum absolute atomic E-state index is 0.387. The van der Waals surface area contributed by atoms with Crippen LogP contribution in [0.5, 0.6) is 0 Å². The molecule has 0 saturated heterocycles. The lowest BCUT2D eigenvalue weighted by Gasteiger charge is -2.12. The molecule has 0 saturated carbocycles. The summed E-state index contributed by atoms with van der Waals surface area (Å²) in [5, 5.41) is 3.52. The van der Waals surface area contributed by atoms with Crippen molar-refractivity contribution in [1.29, 1.82) is 0 Å². The van der Waals surface area contributed by atoms with Gasteiger partial charge >= 0.3 is 0 Å². The maximum absolute atomic E-state index is 12.9. The normalized spacial score (nSPS) is 12.1. The van der Waals surface area contributed by atoms with Crippen LogP contribution < -0.4 is 5.32 Å². The molecule has 0 radical (unpaired) electrons. The van der Waals surface area contributed by atoms with Gasteiger partial charge in [-0.1, -0.05) is 31.2 Å². The van der Waals surface area contributed by atoms with Crippen molar-refractivity contribution in [3.63, 3.8) is 0 Å². The van der Waals surface area contributed by atoms with Gasteiger partial charge in [-0.15, -0.1) is 11.8 Å². The van der Waals surface area contributed by atoms with Gasteiger partial charge in [0.1, 0.15) is 5.82 Å². The van der Waals surface area contributed by atoms with E-state index in [1.807, 2.05) is 18.2 Å². The standard InChI is InChI=1S/C14H15FN2S/c1-11(18-12-6-3-2-4-7-12)10-16-14-9-5-8-13(15)17-14/h2-9,11H,10H2,1H3,(H,16,17). The third kappa shape index (κ3) is 4.04. The molecule has 2 rings (SSSR count). The molecule has 0 fully saturated rings. The van der Waals surface area contributed by atoms with Gasteiger partial charge in [0.15, 0.2) is 0 Å². The minimum Gasteiger partial charge on any atom is -0.369 e. The van der Waals surface area contributed by atoms with Gasteiger partial charge in [0, 0.05) is 16.7 Å². The third-order valence-corrected chi connectivity index (χ3v) is 3.48. The van der Waals surface area contributed by atoms with Crippen molar-refractivity contribution in [2.45, 2.75) is 17.1 Å². The molecule has 0 bridgehead atoms. The van der Waals surface area contributed by atoms with E-state index in [4.69, 9.17) is 0 Å². The van der Waals surface area contributed by atoms with Crippen molar-refractivity contribution in [2.24, 2.45) is 0 Å². The van der Waals surface area contributed by atoms with E-state index < -0.39 is 5.95 Å². The first kappa shape index (κ1) is 12.9. The summed E-state index contributed by atoms with van der Waals surface area (Å²) >= 11 is 1.78. The van der Waals surface area contributed by atoms with Gasteiger partial charge in [-0.3, -0.25) is 0 Å². The summed E-state index contributed by atoms with van der Waals surface area (Å²) < 4.78 is 12.9. The molecule has 0 aliphatic carbocycles. The predicted octanol–water partition coefficient (Wildman–Crippen LogP) is 3.81. The van der Waals surface area contributed by atoms with Crippen LogP contribution in [0.4, 0.5) is 10.2 Å². The number of nitrogens with one attached hydrogen (secondary N) is 1. The maximum Gasteiger partial charge on any atom is 0.214 e. The molecule has 1 unspecified atom stereocenters. The first-order chi connectivity index (χ1) is 8.74. The van der Waals surface area contributed by atoms with Gasteiger partial charge in [-0.2, -0.15) is 4.39 Å². The van der Waals surface area contributed by atoms with Gasteiger partial charge in [0.05, 0.1) is 0 Å². The van der Waals surface area contributed by atoms with Gasteiger partial charge in [-0.25, -0.2) is 4.98 Å². The molecule has 18 heavy (non-hydrogen) atoms. The topological polar surface area (TPSA) is 24.9 Å². The molecule has 1 aromatic carbocycles. The average molecular weight is 262 g/mol. The Morgan fingerprint density at radius 3 is 2.67 bits per heavy atom. The summed E-state index contributed by atoms with van der Waals surface area (Å²) in [6.07, 6.45) is 0. The number of pyridine rings is 1. The van der Waals surface area contributed by atoms with Crippen LogP contribution in [-0.4, -0.2) is 16.8 Å². The van der Waals surface area contributed by atoms with Crippen molar-refractivity contribution in [2.75, 3.05) is 11.9 Å². The lowest BCUT2D eigenvalue weighted by molar-refractivity contribution is 0.585. The van der Waals surface area contributed by atoms with E-state index in [1.54, 1.807) is 23.9 Å². The van der Waals surface area contributed by atoms with Gasteiger partial charge < -0.3 is 5.32 Å². The SMILES string of the molecule is CC(CNc1cccc(F)n1)Sc1ccccc1. The lowest BCUT2D eigenvalue weighted by atomic mass is 10.4. The van der Waals surface area contributed by atoms with E-state index >= 15 is 0 Å². The second-order valence-corrected chi connectivity index (χ2v) is 5.48. The zero-order valence-corrected chi connectivity index (χ0v) is 11.0. The quantitative estimate of drug-likeness (QED) is 0.655. The van der Waals surface area contributed by atoms with Crippen molar-refractivity contribution in [3.8, 4) is 0 Å². The fourth-order valence-electron chi connectivity index (χ4n) is 1.53. The monoisotopic (exact) mass is 262 g/mol. The number of nitrogens with zero attached hydrogens (tertiary/aromatic N) is 1. The minimum atomic E-state index is -0.455.